The van der Waals surface area contributed by atoms with Crippen LogP contribution in [0.3, 0.4) is 0 Å². The monoisotopic (exact) mass is 632 g/mol. The third-order valence-electron chi connectivity index (χ3n) is 11.9. The molecule has 10 rings (SSSR count). The highest BCUT2D eigenvalue weighted by atomic mass is 16.3. The second-order valence-electron chi connectivity index (χ2n) is 14.7. The fraction of sp³-hybridized carbons (Fsp3) is 0.208. The van der Waals surface area contributed by atoms with Gasteiger partial charge in [0, 0.05) is 16.9 Å². The number of rotatable bonds is 4. The minimum absolute atomic E-state index is 0.367. The molecule has 1 aromatic heterocycles. The van der Waals surface area contributed by atoms with Crippen LogP contribution in [0.2, 0.25) is 0 Å². The number of benzene rings is 6. The van der Waals surface area contributed by atoms with Crippen LogP contribution in [0, 0.1) is 5.92 Å². The van der Waals surface area contributed by atoms with Crippen LogP contribution in [0.15, 0.2) is 150 Å². The van der Waals surface area contributed by atoms with Crippen molar-refractivity contribution < 1.29 is 4.42 Å². The van der Waals surface area contributed by atoms with Crippen LogP contribution in [-0.2, 0) is 0 Å². The lowest BCUT2D eigenvalue weighted by Gasteiger charge is -2.36. The summed E-state index contributed by atoms with van der Waals surface area (Å²) in [6, 6.07) is 47.9. The van der Waals surface area contributed by atoms with E-state index in [9.17, 15) is 0 Å². The third-order valence-corrected chi connectivity index (χ3v) is 11.9. The summed E-state index contributed by atoms with van der Waals surface area (Å²) in [6.07, 6.45) is 15.1. The van der Waals surface area contributed by atoms with Crippen LogP contribution in [0.25, 0.3) is 49.7 Å². The first kappa shape index (κ1) is 28.8. The Morgan fingerprint density at radius 1 is 0.531 bits per heavy atom. The van der Waals surface area contributed by atoms with E-state index < -0.39 is 0 Å². The molecule has 0 N–H and O–H groups in total. The average Bonchev–Trinajstić information content (AvgIpc) is 3.56. The minimum Gasteiger partial charge on any atom is -0.456 e. The van der Waals surface area contributed by atoms with Crippen molar-refractivity contribution in [2.45, 2.75) is 55.8 Å². The summed E-state index contributed by atoms with van der Waals surface area (Å²) < 4.78 is 7.00. The topological polar surface area (TPSA) is 13.1 Å². The molecule has 7 aromatic rings. The molecule has 1 fully saturated rings. The van der Waals surface area contributed by atoms with Gasteiger partial charge >= 0.3 is 0 Å². The Morgan fingerprint density at radius 3 is 1.86 bits per heavy atom. The normalized spacial score (nSPS) is 23.1. The fourth-order valence-electron chi connectivity index (χ4n) is 9.50. The Labute approximate surface area is 288 Å². The van der Waals surface area contributed by atoms with Gasteiger partial charge in [-0.05, 0) is 123 Å². The largest absolute Gasteiger partial charge is 0.456 e. The lowest BCUT2D eigenvalue weighted by molar-refractivity contribution is 0.351. The molecular formula is C48H40O. The van der Waals surface area contributed by atoms with Gasteiger partial charge in [0.2, 0.25) is 0 Å². The van der Waals surface area contributed by atoms with Crippen molar-refractivity contribution in [3.63, 3.8) is 0 Å². The molecule has 0 saturated heterocycles. The van der Waals surface area contributed by atoms with Crippen molar-refractivity contribution in [1.29, 1.82) is 0 Å². The van der Waals surface area contributed by atoms with Crippen LogP contribution in [-0.4, -0.2) is 0 Å². The van der Waals surface area contributed by atoms with E-state index in [4.69, 9.17) is 4.42 Å². The van der Waals surface area contributed by atoms with E-state index >= 15 is 0 Å². The van der Waals surface area contributed by atoms with E-state index in [1.807, 2.05) is 0 Å². The third kappa shape index (κ3) is 5.06. The second kappa shape index (κ2) is 11.8. The molecule has 0 aliphatic heterocycles. The molecule has 3 aliphatic carbocycles. The van der Waals surface area contributed by atoms with Crippen molar-refractivity contribution in [2.75, 3.05) is 0 Å². The van der Waals surface area contributed by atoms with E-state index in [1.165, 1.54) is 66.7 Å². The van der Waals surface area contributed by atoms with Gasteiger partial charge in [0.25, 0.3) is 0 Å². The van der Waals surface area contributed by atoms with E-state index in [0.717, 1.165) is 37.0 Å². The molecule has 3 aliphatic rings. The number of furan rings is 1. The van der Waals surface area contributed by atoms with Gasteiger partial charge in [-0.2, -0.15) is 0 Å². The summed E-state index contributed by atoms with van der Waals surface area (Å²) in [5, 5.41) is 6.62. The molecule has 0 radical (unpaired) electrons. The van der Waals surface area contributed by atoms with E-state index in [1.54, 1.807) is 0 Å². The fourth-order valence-corrected chi connectivity index (χ4v) is 9.50. The Kier molecular flexibility index (Phi) is 6.93. The van der Waals surface area contributed by atoms with Gasteiger partial charge in [0.05, 0.1) is 0 Å². The van der Waals surface area contributed by atoms with Crippen LogP contribution < -0.4 is 0 Å². The summed E-state index contributed by atoms with van der Waals surface area (Å²) in [6.45, 7) is 0. The number of fused-ring (bicyclic) bond motifs is 7. The summed E-state index contributed by atoms with van der Waals surface area (Å²) in [7, 11) is 0. The quantitative estimate of drug-likeness (QED) is 0.176. The standard InChI is InChI=1S/C48H40O/c1-2-10-31(11-3-1)41-29-44(48-45(30-41)47-43-17-9-8-14-34(43)22-23-46(47)49-48)42-27-39(37-20-18-32-12-4-6-15-35(32)24-37)26-40(28-42)38-21-19-33-13-5-7-16-36(33)25-38/h1-8,10-16,18-25,29-30,34,39-40,42-43H,9,17,26-28H2. The van der Waals surface area contributed by atoms with E-state index in [-0.39, 0.29) is 0 Å². The van der Waals surface area contributed by atoms with Gasteiger partial charge in [-0.25, -0.2) is 0 Å². The Hall–Kier alpha value is -5.14. The Morgan fingerprint density at radius 2 is 1.16 bits per heavy atom. The van der Waals surface area contributed by atoms with Crippen molar-refractivity contribution >= 4 is 38.6 Å². The van der Waals surface area contributed by atoms with Crippen LogP contribution in [0.5, 0.6) is 0 Å². The first-order valence-electron chi connectivity index (χ1n) is 18.2. The highest BCUT2D eigenvalue weighted by Gasteiger charge is 2.36. The molecule has 1 saturated carbocycles. The van der Waals surface area contributed by atoms with Gasteiger partial charge in [0.15, 0.2) is 0 Å². The second-order valence-corrected chi connectivity index (χ2v) is 14.7. The van der Waals surface area contributed by atoms with Crippen molar-refractivity contribution in [3.05, 3.63) is 174 Å². The molecule has 1 heteroatoms. The summed E-state index contributed by atoms with van der Waals surface area (Å²) >= 11 is 0. The average molecular weight is 633 g/mol. The van der Waals surface area contributed by atoms with Crippen molar-refractivity contribution in [1.82, 2.24) is 0 Å². The Bertz CT molecular complexity index is 2320. The molecular weight excluding hydrogens is 593 g/mol. The van der Waals surface area contributed by atoms with E-state index in [0.29, 0.717) is 29.6 Å². The minimum atomic E-state index is 0.367. The lowest BCUT2D eigenvalue weighted by Crippen LogP contribution is -2.20. The molecule has 238 valence electrons. The zero-order valence-corrected chi connectivity index (χ0v) is 27.8. The van der Waals surface area contributed by atoms with E-state index in [2.05, 4.69) is 152 Å². The van der Waals surface area contributed by atoms with Gasteiger partial charge < -0.3 is 4.42 Å². The number of hydrogen-bond donors (Lipinski definition) is 0. The highest BCUT2D eigenvalue weighted by Crippen LogP contribution is 2.53. The number of allylic oxidation sites excluding steroid dienone is 3. The Balaban J connectivity index is 1.15. The highest BCUT2D eigenvalue weighted by molar-refractivity contribution is 5.93. The molecule has 0 spiro atoms. The predicted octanol–water partition coefficient (Wildman–Crippen LogP) is 13.3. The SMILES string of the molecule is C1=CC2C=Cc3oc4c(C5CC(c6ccc7ccccc7c6)CC(c6ccc7ccccc7c6)C5)cc(-c5ccccc5)cc4c3C2CC1. The molecule has 6 aromatic carbocycles. The lowest BCUT2D eigenvalue weighted by atomic mass is 9.68. The molecule has 4 atom stereocenters. The van der Waals surface area contributed by atoms with Crippen LogP contribution >= 0.6 is 0 Å². The zero-order chi connectivity index (χ0) is 32.3. The summed E-state index contributed by atoms with van der Waals surface area (Å²) in [4.78, 5) is 0. The maximum atomic E-state index is 7.00. The first-order chi connectivity index (χ1) is 24.2. The van der Waals surface area contributed by atoms with Gasteiger partial charge in [-0.1, -0.05) is 133 Å². The molecule has 0 bridgehead atoms. The molecule has 0 amide bonds. The summed E-state index contributed by atoms with van der Waals surface area (Å²) in [5.41, 5.74) is 9.44. The molecule has 4 unspecified atom stereocenters. The summed E-state index contributed by atoms with van der Waals surface area (Å²) in [5.74, 6) is 3.28. The van der Waals surface area contributed by atoms with Crippen LogP contribution in [0.1, 0.15) is 83.8 Å². The molecule has 1 nitrogen and oxygen atoms in total. The smallest absolute Gasteiger partial charge is 0.138 e. The van der Waals surface area contributed by atoms with Crippen molar-refractivity contribution in [3.8, 4) is 11.1 Å². The van der Waals surface area contributed by atoms with Gasteiger partial charge in [-0.15, -0.1) is 0 Å². The van der Waals surface area contributed by atoms with Gasteiger partial charge in [-0.3, -0.25) is 0 Å². The van der Waals surface area contributed by atoms with Gasteiger partial charge in [0.1, 0.15) is 11.3 Å². The van der Waals surface area contributed by atoms with Crippen molar-refractivity contribution in [2.24, 2.45) is 5.92 Å². The maximum absolute atomic E-state index is 7.00. The maximum Gasteiger partial charge on any atom is 0.138 e. The van der Waals surface area contributed by atoms with Crippen LogP contribution in [0.4, 0.5) is 0 Å². The molecule has 49 heavy (non-hydrogen) atoms. The predicted molar refractivity (Wildman–Crippen MR) is 205 cm³/mol. The number of hydrogen-bond acceptors (Lipinski definition) is 1. The first-order valence-corrected chi connectivity index (χ1v) is 18.2. The zero-order valence-electron chi connectivity index (χ0n) is 27.8. The molecule has 1 heterocycles.